The van der Waals surface area contributed by atoms with E-state index in [9.17, 15) is 21.6 Å². The molecule has 0 bridgehead atoms. The summed E-state index contributed by atoms with van der Waals surface area (Å²) in [5.74, 6) is -2.76. The number of piperidine rings is 1. The molecule has 170 valence electrons. The number of ether oxygens (including phenoxy) is 1. The van der Waals surface area contributed by atoms with Crippen LogP contribution in [0, 0.1) is 6.92 Å². The highest BCUT2D eigenvalue weighted by Crippen LogP contribution is 2.34. The predicted octanol–water partition coefficient (Wildman–Crippen LogP) is 1.65. The number of rotatable bonds is 3. The molecule has 8 nitrogen and oxygen atoms in total. The van der Waals surface area contributed by atoms with Crippen LogP contribution >= 0.6 is 0 Å². The second kappa shape index (κ2) is 9.58. The van der Waals surface area contributed by atoms with Crippen molar-refractivity contribution in [3.8, 4) is 0 Å². The summed E-state index contributed by atoms with van der Waals surface area (Å²) in [5.41, 5.74) is 1.74. The molecule has 3 rings (SSSR count). The Morgan fingerprint density at radius 2 is 1.87 bits per heavy atom. The molecule has 2 fully saturated rings. The highest BCUT2D eigenvalue weighted by Gasteiger charge is 2.46. The van der Waals surface area contributed by atoms with Gasteiger partial charge >= 0.3 is 12.1 Å². The Morgan fingerprint density at radius 3 is 2.37 bits per heavy atom. The summed E-state index contributed by atoms with van der Waals surface area (Å²) in [6.45, 7) is 6.02. The molecule has 12 heteroatoms. The van der Waals surface area contributed by atoms with E-state index in [0.717, 1.165) is 43.9 Å². The van der Waals surface area contributed by atoms with Crippen molar-refractivity contribution in [3.63, 3.8) is 0 Å². The average molecular weight is 453 g/mol. The summed E-state index contributed by atoms with van der Waals surface area (Å²) in [4.78, 5) is 15.8. The number of hydrogen-bond acceptors (Lipinski definition) is 6. The average Bonchev–Trinajstić information content (AvgIpc) is 2.63. The van der Waals surface area contributed by atoms with Gasteiger partial charge in [0.05, 0.1) is 30.7 Å². The fourth-order valence-electron chi connectivity index (χ4n) is 3.67. The molecule has 2 saturated heterocycles. The standard InChI is InChI=1S/C16H25N3O3S.C2HF3O2/c1-14-4-3-5-15(17-14)12-18-8-6-16(7-9-18)13-22-11-10-19(16)23(2,20)21;3-2(4,5)1(6)7/h3-5H,6-13H2,1-2H3;(H,6,7). The number of carboxylic acids is 1. The molecule has 0 amide bonds. The maximum atomic E-state index is 12.1. The number of pyridine rings is 1. The lowest BCUT2D eigenvalue weighted by Gasteiger charge is -2.49. The van der Waals surface area contributed by atoms with Gasteiger partial charge in [0.25, 0.3) is 0 Å². The van der Waals surface area contributed by atoms with Crippen LogP contribution in [0.3, 0.4) is 0 Å². The number of sulfonamides is 1. The molecule has 0 saturated carbocycles. The van der Waals surface area contributed by atoms with Gasteiger partial charge in [-0.1, -0.05) is 6.07 Å². The van der Waals surface area contributed by atoms with Crippen molar-refractivity contribution in [1.82, 2.24) is 14.2 Å². The lowest BCUT2D eigenvalue weighted by Crippen LogP contribution is -2.62. The predicted molar refractivity (Wildman–Crippen MR) is 102 cm³/mol. The van der Waals surface area contributed by atoms with Gasteiger partial charge in [-0.25, -0.2) is 13.2 Å². The first-order valence-electron chi connectivity index (χ1n) is 9.34. The number of carboxylic acid groups (broad SMARTS) is 1. The molecule has 2 aliphatic rings. The van der Waals surface area contributed by atoms with Gasteiger partial charge in [0.1, 0.15) is 0 Å². The first kappa shape index (κ1) is 24.5. The molecule has 1 spiro atoms. The summed E-state index contributed by atoms with van der Waals surface area (Å²) in [6.07, 6.45) is -2.15. The van der Waals surface area contributed by atoms with Gasteiger partial charge in [0.2, 0.25) is 10.0 Å². The molecule has 0 aliphatic carbocycles. The number of aromatic nitrogens is 1. The van der Waals surface area contributed by atoms with Crippen LogP contribution in [0.15, 0.2) is 18.2 Å². The van der Waals surface area contributed by atoms with Crippen LogP contribution in [0.4, 0.5) is 13.2 Å². The number of nitrogens with zero attached hydrogens (tertiary/aromatic N) is 3. The third-order valence-corrected chi connectivity index (χ3v) is 6.47. The van der Waals surface area contributed by atoms with Crippen molar-refractivity contribution in [2.45, 2.75) is 38.0 Å². The van der Waals surface area contributed by atoms with E-state index in [1.54, 1.807) is 4.31 Å². The molecule has 1 N–H and O–H groups in total. The minimum Gasteiger partial charge on any atom is -0.475 e. The highest BCUT2D eigenvalue weighted by atomic mass is 32.2. The number of aryl methyl sites for hydroxylation is 1. The Hall–Kier alpha value is -1.76. The van der Waals surface area contributed by atoms with Crippen LogP contribution in [0.25, 0.3) is 0 Å². The molecule has 3 heterocycles. The number of likely N-dealkylation sites (tertiary alicyclic amines) is 1. The van der Waals surface area contributed by atoms with E-state index >= 15 is 0 Å². The Kier molecular flexibility index (Phi) is 7.83. The number of hydrogen-bond donors (Lipinski definition) is 1. The Balaban J connectivity index is 0.000000396. The van der Waals surface area contributed by atoms with Crippen molar-refractivity contribution in [1.29, 1.82) is 0 Å². The van der Waals surface area contributed by atoms with Crippen LogP contribution in [-0.2, 0) is 26.1 Å². The lowest BCUT2D eigenvalue weighted by atomic mass is 9.87. The van der Waals surface area contributed by atoms with E-state index < -0.39 is 22.2 Å². The van der Waals surface area contributed by atoms with E-state index in [2.05, 4.69) is 9.88 Å². The summed E-state index contributed by atoms with van der Waals surface area (Å²) >= 11 is 0. The van der Waals surface area contributed by atoms with Crippen LogP contribution < -0.4 is 0 Å². The summed E-state index contributed by atoms with van der Waals surface area (Å²) < 4.78 is 63.3. The van der Waals surface area contributed by atoms with Crippen LogP contribution in [0.5, 0.6) is 0 Å². The van der Waals surface area contributed by atoms with E-state index in [1.165, 1.54) is 6.26 Å². The quantitative estimate of drug-likeness (QED) is 0.743. The number of aliphatic carboxylic acids is 1. The van der Waals surface area contributed by atoms with Gasteiger partial charge in [-0.05, 0) is 31.9 Å². The zero-order valence-electron chi connectivity index (χ0n) is 16.9. The molecular formula is C18H26F3N3O5S. The normalized spacial score (nSPS) is 20.4. The molecule has 0 atom stereocenters. The first-order valence-corrected chi connectivity index (χ1v) is 11.2. The molecule has 1 aromatic rings. The number of carbonyl (C=O) groups is 1. The third-order valence-electron chi connectivity index (χ3n) is 5.10. The Morgan fingerprint density at radius 1 is 1.27 bits per heavy atom. The van der Waals surface area contributed by atoms with Crippen molar-refractivity contribution in [2.75, 3.05) is 39.1 Å². The van der Waals surface area contributed by atoms with Crippen molar-refractivity contribution >= 4 is 16.0 Å². The van der Waals surface area contributed by atoms with Crippen molar-refractivity contribution < 1.29 is 36.2 Å². The van der Waals surface area contributed by atoms with E-state index in [1.807, 2.05) is 25.1 Å². The second-order valence-electron chi connectivity index (χ2n) is 7.46. The molecule has 0 radical (unpaired) electrons. The molecule has 0 aromatic carbocycles. The fraction of sp³-hybridized carbons (Fsp3) is 0.667. The summed E-state index contributed by atoms with van der Waals surface area (Å²) in [5, 5.41) is 7.12. The topological polar surface area (TPSA) is 100 Å². The van der Waals surface area contributed by atoms with Gasteiger partial charge in [0.15, 0.2) is 0 Å². The minimum absolute atomic E-state index is 0.359. The van der Waals surface area contributed by atoms with E-state index in [4.69, 9.17) is 14.6 Å². The Labute approximate surface area is 173 Å². The lowest BCUT2D eigenvalue weighted by molar-refractivity contribution is -0.192. The van der Waals surface area contributed by atoms with Crippen molar-refractivity contribution in [3.05, 3.63) is 29.6 Å². The Bertz CT molecular complexity index is 840. The van der Waals surface area contributed by atoms with Crippen LogP contribution in [0.2, 0.25) is 0 Å². The third kappa shape index (κ3) is 6.62. The second-order valence-corrected chi connectivity index (χ2v) is 9.37. The molecular weight excluding hydrogens is 427 g/mol. The fourth-order valence-corrected chi connectivity index (χ4v) is 5.02. The van der Waals surface area contributed by atoms with Crippen molar-refractivity contribution in [2.24, 2.45) is 0 Å². The van der Waals surface area contributed by atoms with E-state index in [-0.39, 0.29) is 5.54 Å². The molecule has 1 aromatic heterocycles. The van der Waals surface area contributed by atoms with Crippen LogP contribution in [-0.4, -0.2) is 84.5 Å². The maximum absolute atomic E-state index is 12.1. The van der Waals surface area contributed by atoms with Crippen LogP contribution in [0.1, 0.15) is 24.2 Å². The van der Waals surface area contributed by atoms with Gasteiger partial charge in [-0.15, -0.1) is 0 Å². The summed E-state index contributed by atoms with van der Waals surface area (Å²) in [7, 11) is -3.19. The molecule has 30 heavy (non-hydrogen) atoms. The smallest absolute Gasteiger partial charge is 0.475 e. The number of alkyl halides is 3. The minimum atomic E-state index is -5.08. The maximum Gasteiger partial charge on any atom is 0.490 e. The SMILES string of the molecule is Cc1cccc(CN2CCC3(CC2)COCCN3S(C)(=O)=O)n1.O=C(O)C(F)(F)F. The van der Waals surface area contributed by atoms with Gasteiger partial charge in [-0.3, -0.25) is 9.88 Å². The van der Waals surface area contributed by atoms with Gasteiger partial charge < -0.3 is 9.84 Å². The van der Waals surface area contributed by atoms with E-state index in [0.29, 0.717) is 19.8 Å². The monoisotopic (exact) mass is 453 g/mol. The zero-order chi connectivity index (χ0) is 22.6. The summed E-state index contributed by atoms with van der Waals surface area (Å²) in [6, 6.07) is 6.07. The highest BCUT2D eigenvalue weighted by molar-refractivity contribution is 7.88. The molecule has 2 aliphatic heterocycles. The first-order chi connectivity index (χ1) is 13.8. The molecule has 0 unspecified atom stereocenters. The largest absolute Gasteiger partial charge is 0.490 e. The van der Waals surface area contributed by atoms with Gasteiger partial charge in [-0.2, -0.15) is 17.5 Å². The number of morpholine rings is 1. The zero-order valence-corrected chi connectivity index (χ0v) is 17.7. The van der Waals surface area contributed by atoms with Gasteiger partial charge in [0, 0.05) is 31.9 Å². The number of halogens is 3.